The molecule has 0 aromatic heterocycles. The molecule has 1 rings (SSSR count). The van der Waals surface area contributed by atoms with Crippen LogP contribution in [0.25, 0.3) is 0 Å². The normalized spacial score (nSPS) is 11.9. The van der Waals surface area contributed by atoms with Crippen LogP contribution in [0, 0.1) is 5.41 Å². The van der Waals surface area contributed by atoms with Gasteiger partial charge in [-0.2, -0.15) is 0 Å². The van der Waals surface area contributed by atoms with Gasteiger partial charge in [-0.3, -0.25) is 4.90 Å². The molecule has 0 radical (unpaired) electrons. The third kappa shape index (κ3) is 5.93. The topological polar surface area (TPSA) is 38.5 Å². The predicted molar refractivity (Wildman–Crippen MR) is 86.0 cm³/mol. The van der Waals surface area contributed by atoms with Gasteiger partial charge in [0.2, 0.25) is 0 Å². The maximum Gasteiger partial charge on any atom is 0.119 e. The van der Waals surface area contributed by atoms with Gasteiger partial charge in [0.25, 0.3) is 0 Å². The summed E-state index contributed by atoms with van der Waals surface area (Å²) in [7, 11) is 0. The van der Waals surface area contributed by atoms with Crippen molar-refractivity contribution in [3.05, 3.63) is 29.8 Å². The minimum atomic E-state index is 0.167. The van der Waals surface area contributed by atoms with Gasteiger partial charge < -0.3 is 10.5 Å². The zero-order valence-electron chi connectivity index (χ0n) is 13.5. The first-order valence-electron chi connectivity index (χ1n) is 7.65. The summed E-state index contributed by atoms with van der Waals surface area (Å²) in [6, 6.07) is 8.44. The standard InChI is InChI=1S/C17H30N2O/c1-5-11-20-16-9-7-15(8-10-16)12-19(6-2)14-17(3,4)13-18/h7-10H,5-6,11-14,18H2,1-4H3. The summed E-state index contributed by atoms with van der Waals surface area (Å²) in [6.45, 7) is 13.3. The molecule has 0 aliphatic rings. The minimum Gasteiger partial charge on any atom is -0.494 e. The molecule has 0 aliphatic carbocycles. The van der Waals surface area contributed by atoms with Gasteiger partial charge in [-0.25, -0.2) is 0 Å². The maximum atomic E-state index is 5.83. The summed E-state index contributed by atoms with van der Waals surface area (Å²) in [5.41, 5.74) is 7.32. The SMILES string of the molecule is CCCOc1ccc(CN(CC)CC(C)(C)CN)cc1. The fourth-order valence-corrected chi connectivity index (χ4v) is 2.12. The predicted octanol–water partition coefficient (Wildman–Crippen LogP) is 3.28. The van der Waals surface area contributed by atoms with Crippen LogP contribution in [0.2, 0.25) is 0 Å². The third-order valence-electron chi connectivity index (χ3n) is 3.45. The fraction of sp³-hybridized carbons (Fsp3) is 0.647. The molecule has 1 aromatic rings. The van der Waals surface area contributed by atoms with Crippen molar-refractivity contribution in [1.82, 2.24) is 4.90 Å². The Balaban J connectivity index is 2.57. The molecule has 114 valence electrons. The lowest BCUT2D eigenvalue weighted by molar-refractivity contribution is 0.183. The van der Waals surface area contributed by atoms with Gasteiger partial charge in [-0.05, 0) is 42.6 Å². The van der Waals surface area contributed by atoms with E-state index in [1.54, 1.807) is 0 Å². The van der Waals surface area contributed by atoms with E-state index in [4.69, 9.17) is 10.5 Å². The van der Waals surface area contributed by atoms with E-state index in [9.17, 15) is 0 Å². The highest BCUT2D eigenvalue weighted by molar-refractivity contribution is 5.27. The minimum absolute atomic E-state index is 0.167. The first-order chi connectivity index (χ1) is 9.50. The molecule has 0 saturated carbocycles. The Hall–Kier alpha value is -1.06. The van der Waals surface area contributed by atoms with Crippen LogP contribution in [0.1, 0.15) is 39.7 Å². The van der Waals surface area contributed by atoms with E-state index in [2.05, 4.69) is 56.9 Å². The molecule has 1 aromatic carbocycles. The van der Waals surface area contributed by atoms with Crippen molar-refractivity contribution in [3.63, 3.8) is 0 Å². The number of ether oxygens (including phenoxy) is 1. The van der Waals surface area contributed by atoms with Gasteiger partial charge in [-0.1, -0.05) is 39.8 Å². The summed E-state index contributed by atoms with van der Waals surface area (Å²) >= 11 is 0. The molecule has 0 bridgehead atoms. The van der Waals surface area contributed by atoms with Crippen LogP contribution in [0.5, 0.6) is 5.75 Å². The largest absolute Gasteiger partial charge is 0.494 e. The Morgan fingerprint density at radius 2 is 1.80 bits per heavy atom. The van der Waals surface area contributed by atoms with Crippen LogP contribution >= 0.6 is 0 Å². The van der Waals surface area contributed by atoms with Crippen molar-refractivity contribution in [1.29, 1.82) is 0 Å². The average molecular weight is 278 g/mol. The van der Waals surface area contributed by atoms with Gasteiger partial charge >= 0.3 is 0 Å². The molecule has 0 unspecified atom stereocenters. The summed E-state index contributed by atoms with van der Waals surface area (Å²) < 4.78 is 5.61. The van der Waals surface area contributed by atoms with Gasteiger partial charge in [0, 0.05) is 13.1 Å². The Labute approximate surface area is 124 Å². The monoisotopic (exact) mass is 278 g/mol. The quantitative estimate of drug-likeness (QED) is 0.753. The summed E-state index contributed by atoms with van der Waals surface area (Å²) in [4.78, 5) is 2.44. The van der Waals surface area contributed by atoms with Crippen molar-refractivity contribution in [3.8, 4) is 5.75 Å². The number of nitrogens with two attached hydrogens (primary N) is 1. The van der Waals surface area contributed by atoms with E-state index in [-0.39, 0.29) is 5.41 Å². The fourth-order valence-electron chi connectivity index (χ4n) is 2.12. The van der Waals surface area contributed by atoms with Gasteiger partial charge in [0.1, 0.15) is 5.75 Å². The molecular weight excluding hydrogens is 248 g/mol. The second-order valence-corrected chi connectivity index (χ2v) is 6.16. The second kappa shape index (κ2) is 8.28. The molecule has 20 heavy (non-hydrogen) atoms. The Morgan fingerprint density at radius 1 is 1.15 bits per heavy atom. The van der Waals surface area contributed by atoms with Crippen LogP contribution in [-0.2, 0) is 6.54 Å². The third-order valence-corrected chi connectivity index (χ3v) is 3.45. The van der Waals surface area contributed by atoms with Gasteiger partial charge in [0.15, 0.2) is 0 Å². The molecule has 0 heterocycles. The summed E-state index contributed by atoms with van der Waals surface area (Å²) in [5.74, 6) is 0.959. The van der Waals surface area contributed by atoms with Crippen molar-refractivity contribution < 1.29 is 4.74 Å². The number of benzene rings is 1. The molecule has 0 aliphatic heterocycles. The van der Waals surface area contributed by atoms with Crippen molar-refractivity contribution in [2.24, 2.45) is 11.1 Å². The second-order valence-electron chi connectivity index (χ2n) is 6.16. The smallest absolute Gasteiger partial charge is 0.119 e. The zero-order chi connectivity index (χ0) is 15.0. The number of hydrogen-bond donors (Lipinski definition) is 1. The van der Waals surface area contributed by atoms with E-state index in [0.717, 1.165) is 38.4 Å². The van der Waals surface area contributed by atoms with Crippen LogP contribution in [0.15, 0.2) is 24.3 Å². The molecule has 0 amide bonds. The summed E-state index contributed by atoms with van der Waals surface area (Å²) in [5, 5.41) is 0. The van der Waals surface area contributed by atoms with Crippen molar-refractivity contribution >= 4 is 0 Å². The number of rotatable bonds is 9. The molecule has 0 atom stereocenters. The molecule has 0 fully saturated rings. The van der Waals surface area contributed by atoms with Crippen molar-refractivity contribution in [2.45, 2.75) is 40.7 Å². The van der Waals surface area contributed by atoms with E-state index >= 15 is 0 Å². The van der Waals surface area contributed by atoms with Gasteiger partial charge in [0.05, 0.1) is 6.61 Å². The number of nitrogens with zero attached hydrogens (tertiary/aromatic N) is 1. The molecular formula is C17H30N2O. The Bertz CT molecular complexity index is 373. The highest BCUT2D eigenvalue weighted by Crippen LogP contribution is 2.18. The van der Waals surface area contributed by atoms with E-state index in [1.165, 1.54) is 5.56 Å². The highest BCUT2D eigenvalue weighted by atomic mass is 16.5. The lowest BCUT2D eigenvalue weighted by atomic mass is 9.93. The molecule has 0 saturated heterocycles. The first kappa shape index (κ1) is 17.0. The number of hydrogen-bond acceptors (Lipinski definition) is 3. The Kier molecular flexibility index (Phi) is 7.03. The van der Waals surface area contributed by atoms with Crippen LogP contribution < -0.4 is 10.5 Å². The maximum absolute atomic E-state index is 5.83. The lowest BCUT2D eigenvalue weighted by Gasteiger charge is -2.31. The van der Waals surface area contributed by atoms with E-state index in [0.29, 0.717) is 6.54 Å². The van der Waals surface area contributed by atoms with Gasteiger partial charge in [-0.15, -0.1) is 0 Å². The highest BCUT2D eigenvalue weighted by Gasteiger charge is 2.19. The van der Waals surface area contributed by atoms with Crippen LogP contribution in [0.4, 0.5) is 0 Å². The van der Waals surface area contributed by atoms with Crippen LogP contribution in [0.3, 0.4) is 0 Å². The van der Waals surface area contributed by atoms with Crippen molar-refractivity contribution in [2.75, 3.05) is 26.2 Å². The average Bonchev–Trinajstić information content (AvgIpc) is 2.45. The Morgan fingerprint density at radius 3 is 2.30 bits per heavy atom. The molecule has 2 N–H and O–H groups in total. The van der Waals surface area contributed by atoms with E-state index < -0.39 is 0 Å². The molecule has 3 heteroatoms. The summed E-state index contributed by atoms with van der Waals surface area (Å²) in [6.07, 6.45) is 1.04. The molecule has 3 nitrogen and oxygen atoms in total. The zero-order valence-corrected chi connectivity index (χ0v) is 13.5. The first-order valence-corrected chi connectivity index (χ1v) is 7.65. The molecule has 0 spiro atoms. The van der Waals surface area contributed by atoms with Crippen LogP contribution in [-0.4, -0.2) is 31.1 Å². The van der Waals surface area contributed by atoms with E-state index in [1.807, 2.05) is 0 Å². The lowest BCUT2D eigenvalue weighted by Crippen LogP contribution is -2.38.